The number of aliphatic hydroxyl groups is 1. The number of esters is 2. The van der Waals surface area contributed by atoms with E-state index in [2.05, 4.69) is 74.4 Å². The molecule has 129 heavy (non-hydrogen) atoms. The van der Waals surface area contributed by atoms with Gasteiger partial charge in [0.1, 0.15) is 73.5 Å². The van der Waals surface area contributed by atoms with E-state index in [1.807, 2.05) is 6.92 Å². The van der Waals surface area contributed by atoms with Gasteiger partial charge in [0, 0.05) is 86.7 Å². The first-order chi connectivity index (χ1) is 61.3. The molecule has 15 amide bonds. The summed E-state index contributed by atoms with van der Waals surface area (Å²) in [6.07, 6.45) is 2.66. The molecule has 1 fully saturated rings. The minimum Gasteiger partial charge on any atom is -0.460 e. The third-order valence-corrected chi connectivity index (χ3v) is 21.3. The van der Waals surface area contributed by atoms with E-state index >= 15 is 4.39 Å². The van der Waals surface area contributed by atoms with Crippen molar-refractivity contribution in [3.63, 3.8) is 0 Å². The summed E-state index contributed by atoms with van der Waals surface area (Å²) in [5.74, 6) is -14.3. The van der Waals surface area contributed by atoms with Gasteiger partial charge in [-0.2, -0.15) is 0 Å². The number of nitrogens with two attached hydrogens (primary N) is 1. The van der Waals surface area contributed by atoms with E-state index in [4.69, 9.17) is 35.1 Å². The zero-order chi connectivity index (χ0) is 94.4. The highest BCUT2D eigenvalue weighted by Gasteiger charge is 2.46. The zero-order valence-corrected chi connectivity index (χ0v) is 73.4. The molecule has 8 atom stereocenters. The van der Waals surface area contributed by atoms with Gasteiger partial charge in [0.15, 0.2) is 11.6 Å². The Labute approximate surface area is 742 Å². The maximum absolute atomic E-state index is 15.9. The molecule has 0 aliphatic carbocycles. The second kappa shape index (κ2) is 48.1. The van der Waals surface area contributed by atoms with Gasteiger partial charge in [-0.15, -0.1) is 0 Å². The Balaban J connectivity index is 0.744. The van der Waals surface area contributed by atoms with Crippen molar-refractivity contribution in [3.05, 3.63) is 105 Å². The van der Waals surface area contributed by atoms with E-state index in [1.165, 1.54) is 17.6 Å². The highest BCUT2D eigenvalue weighted by atomic mass is 19.1. The summed E-state index contributed by atoms with van der Waals surface area (Å²) in [7, 11) is 0. The van der Waals surface area contributed by atoms with Crippen LogP contribution in [-0.2, 0) is 132 Å². The highest BCUT2D eigenvalue weighted by Crippen LogP contribution is 2.41. The topological polar surface area (TPSA) is 604 Å². The number of cyclic esters (lactones) is 1. The number of fused-ring (bicyclic) bond motifs is 5. The molecule has 0 radical (unpaired) electrons. The summed E-state index contributed by atoms with van der Waals surface area (Å²) in [4.78, 5) is 245. The van der Waals surface area contributed by atoms with Gasteiger partial charge < -0.3 is 109 Å². The summed E-state index contributed by atoms with van der Waals surface area (Å²) < 4.78 is 38.8. The van der Waals surface area contributed by atoms with E-state index < -0.39 is 204 Å². The number of ether oxygens (including phenoxy) is 4. The lowest BCUT2D eigenvalue weighted by atomic mass is 9.86. The SMILES string of the molecule is CCc1c2c(nc3cc(F)c(NC(=O)CNC(=O)[C@H](C)NC(=O)[C@@H](NC(=O)[C@H](CCCCNC(=O)CCOCCNC(=O)COCC(=O)NCCCC[C@@H]4NC(=O)[C@@H](Cc5ccccc5)NC(=O)[C@H](CC(=O)OC(C)(C)C)NC(=O)CNC(=O)[C@H](CCCNC(=N)N)NC4=O)NC(=O)CCCN4C(=O)C=CC4=O)C(C)C)cc13)-c1cc3c(c(=O)n1C2)COC(=O)[C@]3(O)CC. The summed E-state index contributed by atoms with van der Waals surface area (Å²) in [5.41, 5.74) is 4.72. The molecule has 0 unspecified atom stereocenters. The number of nitrogens with zero attached hydrogens (tertiary/aromatic N) is 3. The number of hydrogen-bond donors (Lipinski definition) is 17. The monoisotopic (exact) mass is 1800 g/mol. The summed E-state index contributed by atoms with van der Waals surface area (Å²) in [6.45, 7) is 10.4. The van der Waals surface area contributed by atoms with E-state index in [0.29, 0.717) is 46.3 Å². The number of pyridine rings is 2. The number of carbonyl (C=O) groups is 17. The number of benzene rings is 2. The quantitative estimate of drug-likeness (QED) is 0.00665. The molecule has 2 aromatic heterocycles. The fraction of sp³-hybridized carbons (Fsp3) is 0.535. The number of guanidine groups is 1. The number of anilines is 1. The van der Waals surface area contributed by atoms with Crippen LogP contribution in [0, 0.1) is 17.1 Å². The van der Waals surface area contributed by atoms with Crippen LogP contribution in [0.25, 0.3) is 22.3 Å². The number of carbonyl (C=O) groups excluding carboxylic acids is 17. The molecule has 43 heteroatoms. The fourth-order valence-electron chi connectivity index (χ4n) is 14.5. The molecule has 42 nitrogen and oxygen atoms in total. The van der Waals surface area contributed by atoms with Crippen molar-refractivity contribution in [2.75, 3.05) is 77.6 Å². The maximum Gasteiger partial charge on any atom is 0.343 e. The van der Waals surface area contributed by atoms with E-state index in [9.17, 15) is 91.4 Å². The summed E-state index contributed by atoms with van der Waals surface area (Å²) >= 11 is 0. The minimum absolute atomic E-state index is 0.00161. The van der Waals surface area contributed by atoms with Gasteiger partial charge in [0.05, 0.1) is 67.4 Å². The van der Waals surface area contributed by atoms with Crippen LogP contribution in [0.3, 0.4) is 0 Å². The van der Waals surface area contributed by atoms with Gasteiger partial charge >= 0.3 is 11.9 Å². The lowest BCUT2D eigenvalue weighted by Gasteiger charge is -2.31. The molecule has 2 aromatic carbocycles. The lowest BCUT2D eigenvalue weighted by molar-refractivity contribution is -0.172. The van der Waals surface area contributed by atoms with Crippen LogP contribution < -0.4 is 85.7 Å². The normalized spacial score (nSPS) is 18.2. The molecule has 0 bridgehead atoms. The number of aromatic nitrogens is 2. The average molecular weight is 1800 g/mol. The van der Waals surface area contributed by atoms with Gasteiger partial charge in [0.25, 0.3) is 17.4 Å². The van der Waals surface area contributed by atoms with Crippen molar-refractivity contribution < 1.29 is 110 Å². The largest absolute Gasteiger partial charge is 0.460 e. The summed E-state index contributed by atoms with van der Waals surface area (Å²) in [6, 6.07) is 3.21. The fourth-order valence-corrected chi connectivity index (χ4v) is 14.5. The second-order valence-electron chi connectivity index (χ2n) is 32.7. The molecule has 4 aliphatic heterocycles. The first kappa shape index (κ1) is 101. The minimum atomic E-state index is -2.06. The molecule has 4 aromatic rings. The Morgan fingerprint density at radius 1 is 0.674 bits per heavy atom. The van der Waals surface area contributed by atoms with Gasteiger partial charge in [-0.25, -0.2) is 14.2 Å². The first-order valence-corrected chi connectivity index (χ1v) is 42.9. The Morgan fingerprint density at radius 3 is 1.98 bits per heavy atom. The maximum atomic E-state index is 15.9. The van der Waals surface area contributed by atoms with Crippen LogP contribution in [0.4, 0.5) is 10.1 Å². The van der Waals surface area contributed by atoms with Crippen LogP contribution in [0.5, 0.6) is 0 Å². The lowest BCUT2D eigenvalue weighted by Crippen LogP contribution is -2.58. The molecule has 1 saturated heterocycles. The molecule has 4 aliphatic rings. The third kappa shape index (κ3) is 30.0. The van der Waals surface area contributed by atoms with Gasteiger partial charge in [-0.05, 0) is 128 Å². The molecule has 18 N–H and O–H groups in total. The van der Waals surface area contributed by atoms with Crippen LogP contribution in [0.1, 0.15) is 167 Å². The number of nitrogens with one attached hydrogen (secondary N) is 15. The van der Waals surface area contributed by atoms with Crippen LogP contribution in [0.2, 0.25) is 0 Å². The van der Waals surface area contributed by atoms with Gasteiger partial charge in [-0.1, -0.05) is 58.0 Å². The van der Waals surface area contributed by atoms with Crippen molar-refractivity contribution >= 4 is 123 Å². The number of unbranched alkanes of at least 4 members (excludes halogenated alkanes) is 2. The molecule has 0 saturated carbocycles. The predicted octanol–water partition coefficient (Wildman–Crippen LogP) is -1.91. The molecular formula is C86H116FN19O23. The standard InChI is InChI=1S/C86H116FN19O23/c1-9-50-51-37-60(55(87)39-59(51)100-74-52(50)43-106-63(74)38-54-53(82(106)123)44-128-83(124)86(54,125)10-2)98-66(109)41-94-75(116)48(5)96-81(122)73(47(3)4)104-78(119)57(97-65(108)25-19-33-105-70(113)26-27-71(105)114)22-14-16-29-90-64(107)28-34-126-35-32-92-69(112)46-127-45-68(111)91-30-17-15-23-58-77(118)101-56(24-18-31-93-84(88)89)76(117)95-42-67(110)99-62(40-72(115)129-85(6,7)8)80(121)103-61(79(120)102-58)36-49-20-12-11-13-21-49/h11-13,20-21,26-27,37-39,47-48,56-58,61-62,73,125H,9-10,14-19,22-25,28-36,40-46H2,1-8H3,(H,90,107)(H,91,111)(H,92,112)(H,94,116)(H,95,117)(H,96,122)(H,97,108)(H,98,109)(H,99,110)(H,101,118)(H,102,120)(H,103,121)(H,104,119)(H4,88,89,93)/t48-,56-,57-,58-,61+,62-,73-,86-/m0/s1. The Hall–Kier alpha value is -13.2. The number of imide groups is 1. The molecule has 0 spiro atoms. The Bertz CT molecular complexity index is 4940. The molecular weight excluding hydrogens is 1690 g/mol. The predicted molar refractivity (Wildman–Crippen MR) is 460 cm³/mol. The number of rotatable bonds is 44. The van der Waals surface area contributed by atoms with Gasteiger partial charge in [-0.3, -0.25) is 91.8 Å². The number of hydrogen-bond acceptors (Lipinski definition) is 25. The van der Waals surface area contributed by atoms with E-state index in [0.717, 1.165) is 23.1 Å². The van der Waals surface area contributed by atoms with E-state index in [-0.39, 0.29) is 164 Å². The zero-order valence-electron chi connectivity index (χ0n) is 73.4. The number of aryl methyl sites for hydroxylation is 1. The van der Waals surface area contributed by atoms with Crippen molar-refractivity contribution in [2.24, 2.45) is 11.7 Å². The third-order valence-electron chi connectivity index (χ3n) is 21.3. The highest BCUT2D eigenvalue weighted by molar-refractivity contribution is 6.13. The van der Waals surface area contributed by atoms with Crippen LogP contribution in [0.15, 0.2) is 65.5 Å². The molecule has 6 heterocycles. The smallest absolute Gasteiger partial charge is 0.343 e. The van der Waals surface area contributed by atoms with Gasteiger partial charge in [0.2, 0.25) is 76.8 Å². The molecule has 8 rings (SSSR count). The number of halogens is 1. The van der Waals surface area contributed by atoms with Crippen LogP contribution in [-0.4, -0.2) is 246 Å². The van der Waals surface area contributed by atoms with Crippen LogP contribution >= 0.6 is 0 Å². The first-order valence-electron chi connectivity index (χ1n) is 42.9. The number of amides is 15. The summed E-state index contributed by atoms with van der Waals surface area (Å²) in [5, 5.41) is 55.5. The van der Waals surface area contributed by atoms with Crippen molar-refractivity contribution in [2.45, 2.75) is 218 Å². The Morgan fingerprint density at radius 2 is 1.31 bits per heavy atom. The Kier molecular flexibility index (Phi) is 37.7. The van der Waals surface area contributed by atoms with E-state index in [1.54, 1.807) is 77.9 Å². The molecule has 700 valence electrons. The van der Waals surface area contributed by atoms with Crippen molar-refractivity contribution in [3.8, 4) is 11.4 Å². The second-order valence-corrected chi connectivity index (χ2v) is 32.7. The van der Waals surface area contributed by atoms with Crippen molar-refractivity contribution in [1.29, 1.82) is 5.41 Å². The average Bonchev–Trinajstić information content (AvgIpc) is 1.57. The van der Waals surface area contributed by atoms with Crippen molar-refractivity contribution in [1.82, 2.24) is 83.6 Å².